The summed E-state index contributed by atoms with van der Waals surface area (Å²) in [6, 6.07) is 4.07. The molecule has 0 unspecified atom stereocenters. The van der Waals surface area contributed by atoms with Crippen LogP contribution in [0.5, 0.6) is 0 Å². The fourth-order valence-corrected chi connectivity index (χ4v) is 1.54. The van der Waals surface area contributed by atoms with Crippen molar-refractivity contribution in [3.05, 3.63) is 33.8 Å². The molecule has 0 aliphatic rings. The van der Waals surface area contributed by atoms with Crippen molar-refractivity contribution in [3.8, 4) is 0 Å². The van der Waals surface area contributed by atoms with Crippen LogP contribution in [0.15, 0.2) is 12.1 Å². The summed E-state index contributed by atoms with van der Waals surface area (Å²) in [7, 11) is 0. The Morgan fingerprint density at radius 2 is 2.08 bits per heavy atom. The summed E-state index contributed by atoms with van der Waals surface area (Å²) in [6.07, 6.45) is 1.01. The Hall–Kier alpha value is -0.530. The van der Waals surface area contributed by atoms with E-state index in [1.165, 1.54) is 11.1 Å². The first-order valence-corrected chi connectivity index (χ1v) is 4.54. The number of hydrogen-bond donors (Lipinski definition) is 1. The van der Waals surface area contributed by atoms with Gasteiger partial charge >= 0.3 is 0 Å². The molecule has 1 aromatic carbocycles. The molecule has 1 nitrogen and oxygen atoms in total. The van der Waals surface area contributed by atoms with Gasteiger partial charge in [0.2, 0.25) is 0 Å². The van der Waals surface area contributed by atoms with Crippen molar-refractivity contribution < 1.29 is 0 Å². The van der Waals surface area contributed by atoms with Gasteiger partial charge in [0, 0.05) is 11.6 Å². The molecule has 2 heteroatoms. The fraction of sp³-hybridized carbons (Fsp3) is 0.400. The molecule has 0 atom stereocenters. The van der Waals surface area contributed by atoms with Crippen LogP contribution >= 0.6 is 11.6 Å². The van der Waals surface area contributed by atoms with Crippen LogP contribution < -0.4 is 5.73 Å². The van der Waals surface area contributed by atoms with Gasteiger partial charge in [-0.2, -0.15) is 0 Å². The molecule has 0 fully saturated rings. The van der Waals surface area contributed by atoms with Crippen molar-refractivity contribution in [2.45, 2.75) is 26.8 Å². The first kappa shape index (κ1) is 9.56. The molecule has 0 aliphatic heterocycles. The van der Waals surface area contributed by atoms with Crippen molar-refractivity contribution in [2.75, 3.05) is 0 Å². The Morgan fingerprint density at radius 1 is 1.42 bits per heavy atom. The Kier molecular flexibility index (Phi) is 3.12. The zero-order valence-corrected chi connectivity index (χ0v) is 8.28. The molecule has 1 aromatic rings. The molecule has 0 saturated carbocycles. The molecule has 0 spiro atoms. The number of rotatable bonds is 2. The van der Waals surface area contributed by atoms with Crippen LogP contribution in [0.25, 0.3) is 0 Å². The molecule has 0 radical (unpaired) electrons. The van der Waals surface area contributed by atoms with Crippen LogP contribution in [0.3, 0.4) is 0 Å². The maximum Gasteiger partial charge on any atom is 0.0441 e. The largest absolute Gasteiger partial charge is 0.326 e. The summed E-state index contributed by atoms with van der Waals surface area (Å²) in [5.41, 5.74) is 9.12. The summed E-state index contributed by atoms with van der Waals surface area (Å²) >= 11 is 6.02. The van der Waals surface area contributed by atoms with Gasteiger partial charge in [-0.3, -0.25) is 0 Å². The molecule has 0 bridgehead atoms. The number of benzene rings is 1. The number of hydrogen-bond acceptors (Lipinski definition) is 1. The highest BCUT2D eigenvalue weighted by atomic mass is 35.5. The van der Waals surface area contributed by atoms with Gasteiger partial charge in [0.1, 0.15) is 0 Å². The predicted molar refractivity (Wildman–Crippen MR) is 53.5 cm³/mol. The Balaban J connectivity index is 3.19. The third kappa shape index (κ3) is 1.79. The van der Waals surface area contributed by atoms with Crippen molar-refractivity contribution in [1.29, 1.82) is 0 Å². The average Bonchev–Trinajstić information content (AvgIpc) is 2.09. The molecular formula is C10H14ClN. The van der Waals surface area contributed by atoms with Crippen LogP contribution in [0.2, 0.25) is 5.02 Å². The van der Waals surface area contributed by atoms with E-state index in [0.29, 0.717) is 6.54 Å². The van der Waals surface area contributed by atoms with Gasteiger partial charge in [-0.15, -0.1) is 0 Å². The first-order valence-electron chi connectivity index (χ1n) is 4.17. The second kappa shape index (κ2) is 3.92. The molecule has 0 saturated heterocycles. The summed E-state index contributed by atoms with van der Waals surface area (Å²) in [6.45, 7) is 4.73. The second-order valence-corrected chi connectivity index (χ2v) is 3.33. The zero-order chi connectivity index (χ0) is 9.14. The summed E-state index contributed by atoms with van der Waals surface area (Å²) in [5.74, 6) is 0. The topological polar surface area (TPSA) is 26.0 Å². The van der Waals surface area contributed by atoms with Crippen LogP contribution in [0.4, 0.5) is 0 Å². The van der Waals surface area contributed by atoms with Crippen LogP contribution in [0, 0.1) is 6.92 Å². The highest BCUT2D eigenvalue weighted by Crippen LogP contribution is 2.21. The lowest BCUT2D eigenvalue weighted by molar-refractivity contribution is 1.03. The van der Waals surface area contributed by atoms with E-state index in [4.69, 9.17) is 17.3 Å². The number of nitrogens with two attached hydrogens (primary N) is 1. The molecule has 0 aliphatic carbocycles. The van der Waals surface area contributed by atoms with E-state index in [1.54, 1.807) is 0 Å². The maximum absolute atomic E-state index is 6.02. The van der Waals surface area contributed by atoms with E-state index in [0.717, 1.165) is 17.0 Å². The normalized spacial score (nSPS) is 10.3. The summed E-state index contributed by atoms with van der Waals surface area (Å²) in [4.78, 5) is 0. The van der Waals surface area contributed by atoms with Crippen LogP contribution in [-0.2, 0) is 13.0 Å². The van der Waals surface area contributed by atoms with Gasteiger partial charge in [0.05, 0.1) is 0 Å². The molecule has 66 valence electrons. The number of halogens is 1. The molecule has 1 rings (SSSR count). The van der Waals surface area contributed by atoms with Crippen molar-refractivity contribution >= 4 is 11.6 Å². The van der Waals surface area contributed by atoms with Gasteiger partial charge in [-0.25, -0.2) is 0 Å². The minimum absolute atomic E-state index is 0.562. The van der Waals surface area contributed by atoms with E-state index in [-0.39, 0.29) is 0 Å². The van der Waals surface area contributed by atoms with E-state index >= 15 is 0 Å². The quantitative estimate of drug-likeness (QED) is 0.750. The van der Waals surface area contributed by atoms with Gasteiger partial charge in [0.15, 0.2) is 0 Å². The molecule has 12 heavy (non-hydrogen) atoms. The predicted octanol–water partition coefficient (Wildman–Crippen LogP) is 2.67. The van der Waals surface area contributed by atoms with Gasteiger partial charge in [-0.05, 0) is 36.1 Å². The molecule has 2 N–H and O–H groups in total. The van der Waals surface area contributed by atoms with E-state index < -0.39 is 0 Å². The Labute approximate surface area is 78.5 Å². The van der Waals surface area contributed by atoms with Gasteiger partial charge in [-0.1, -0.05) is 24.6 Å². The van der Waals surface area contributed by atoms with Gasteiger partial charge < -0.3 is 5.73 Å². The number of aryl methyl sites for hydroxylation is 1. The van der Waals surface area contributed by atoms with Gasteiger partial charge in [0.25, 0.3) is 0 Å². The van der Waals surface area contributed by atoms with Crippen molar-refractivity contribution in [2.24, 2.45) is 5.73 Å². The average molecular weight is 184 g/mol. The van der Waals surface area contributed by atoms with Crippen molar-refractivity contribution in [1.82, 2.24) is 0 Å². The fourth-order valence-electron chi connectivity index (χ4n) is 1.28. The lowest BCUT2D eigenvalue weighted by Gasteiger charge is -2.07. The second-order valence-electron chi connectivity index (χ2n) is 2.92. The highest BCUT2D eigenvalue weighted by molar-refractivity contribution is 6.31. The SMILES string of the molecule is CCc1cc(CN)cc(Cl)c1C. The van der Waals surface area contributed by atoms with E-state index in [1.807, 2.05) is 13.0 Å². The Morgan fingerprint density at radius 3 is 2.58 bits per heavy atom. The maximum atomic E-state index is 6.02. The monoisotopic (exact) mass is 183 g/mol. The lowest BCUT2D eigenvalue weighted by atomic mass is 10.0. The third-order valence-corrected chi connectivity index (χ3v) is 2.52. The van der Waals surface area contributed by atoms with E-state index in [9.17, 15) is 0 Å². The summed E-state index contributed by atoms with van der Waals surface area (Å²) < 4.78 is 0. The molecule has 0 amide bonds. The molecule has 0 heterocycles. The highest BCUT2D eigenvalue weighted by Gasteiger charge is 2.02. The molecule has 0 aromatic heterocycles. The zero-order valence-electron chi connectivity index (χ0n) is 7.52. The smallest absolute Gasteiger partial charge is 0.0441 e. The minimum atomic E-state index is 0.562. The molecular weight excluding hydrogens is 170 g/mol. The first-order chi connectivity index (χ1) is 5.69. The minimum Gasteiger partial charge on any atom is -0.326 e. The summed E-state index contributed by atoms with van der Waals surface area (Å²) in [5, 5.41) is 0.829. The third-order valence-electron chi connectivity index (χ3n) is 2.13. The standard InChI is InChI=1S/C10H14ClN/c1-3-9-4-8(6-12)5-10(11)7(9)2/h4-5H,3,6,12H2,1-2H3. The van der Waals surface area contributed by atoms with E-state index in [2.05, 4.69) is 13.0 Å². The Bertz CT molecular complexity index is 281. The lowest BCUT2D eigenvalue weighted by Crippen LogP contribution is -1.99. The van der Waals surface area contributed by atoms with Crippen LogP contribution in [-0.4, -0.2) is 0 Å². The van der Waals surface area contributed by atoms with Crippen molar-refractivity contribution in [3.63, 3.8) is 0 Å². The van der Waals surface area contributed by atoms with Crippen LogP contribution in [0.1, 0.15) is 23.6 Å².